The summed E-state index contributed by atoms with van der Waals surface area (Å²) < 4.78 is 7.48. The van der Waals surface area contributed by atoms with E-state index in [4.69, 9.17) is 10.5 Å². The van der Waals surface area contributed by atoms with Gasteiger partial charge in [-0.15, -0.1) is 0 Å². The Morgan fingerprint density at radius 2 is 2.11 bits per heavy atom. The number of fused-ring (bicyclic) bond motifs is 1. The van der Waals surface area contributed by atoms with E-state index in [9.17, 15) is 15.0 Å². The lowest BCUT2D eigenvalue weighted by Gasteiger charge is -2.16. The van der Waals surface area contributed by atoms with Gasteiger partial charge in [0.05, 0.1) is 12.4 Å². The number of ether oxygens (including phenoxy) is 1. The third kappa shape index (κ3) is 4.54. The minimum atomic E-state index is -1.06. The van der Waals surface area contributed by atoms with Gasteiger partial charge in [-0.3, -0.25) is 9.36 Å². The number of anilines is 1. The number of nitrogens with zero attached hydrogens (tertiary/aromatic N) is 4. The van der Waals surface area contributed by atoms with Crippen LogP contribution in [0.3, 0.4) is 0 Å². The molecule has 0 aromatic carbocycles. The molecule has 3 heterocycles. The standard InChI is InChI=1S/C17H26N6O4S/c1-28-7-10-13(25)14(26)17(27-10)23-9-22-12-15(20-8-21-16(12)23)19-6-4-2-3-5-11(18)24/h8-10,13-14,17,25-26H,2-7H2,1H3,(H2,18,24)(H,19,20,21)/t10-,13-,14-,17-/m1/s1. The summed E-state index contributed by atoms with van der Waals surface area (Å²) >= 11 is 1.54. The van der Waals surface area contributed by atoms with Gasteiger partial charge in [-0.25, -0.2) is 15.0 Å². The van der Waals surface area contributed by atoms with Crippen molar-refractivity contribution in [2.24, 2.45) is 5.73 Å². The van der Waals surface area contributed by atoms with Crippen LogP contribution in [0.5, 0.6) is 0 Å². The van der Waals surface area contributed by atoms with Crippen LogP contribution in [-0.4, -0.2) is 72.5 Å². The number of aliphatic hydroxyl groups excluding tert-OH is 2. The van der Waals surface area contributed by atoms with Crippen LogP contribution >= 0.6 is 11.8 Å². The maximum absolute atomic E-state index is 10.7. The number of aliphatic hydroxyl groups is 2. The maximum Gasteiger partial charge on any atom is 0.217 e. The van der Waals surface area contributed by atoms with Crippen molar-refractivity contribution < 1.29 is 19.7 Å². The highest BCUT2D eigenvalue weighted by molar-refractivity contribution is 7.98. The maximum atomic E-state index is 10.7. The second-order valence-corrected chi connectivity index (χ2v) is 7.66. The second-order valence-electron chi connectivity index (χ2n) is 6.75. The number of rotatable bonds is 10. The number of hydrogen-bond acceptors (Lipinski definition) is 9. The van der Waals surface area contributed by atoms with Crippen LogP contribution in [0.1, 0.15) is 31.9 Å². The fourth-order valence-electron chi connectivity index (χ4n) is 3.24. The number of carbonyl (C=O) groups excluding carboxylic acids is 1. The molecule has 0 saturated carbocycles. The van der Waals surface area contributed by atoms with Gasteiger partial charge in [0.2, 0.25) is 5.91 Å². The third-order valence-electron chi connectivity index (χ3n) is 4.69. The van der Waals surface area contributed by atoms with Crippen molar-refractivity contribution in [2.45, 2.75) is 50.2 Å². The summed E-state index contributed by atoms with van der Waals surface area (Å²) in [4.78, 5) is 23.6. The van der Waals surface area contributed by atoms with E-state index in [2.05, 4.69) is 20.3 Å². The average molecular weight is 411 g/mol. The van der Waals surface area contributed by atoms with Crippen molar-refractivity contribution in [1.29, 1.82) is 0 Å². The molecule has 4 atom stereocenters. The van der Waals surface area contributed by atoms with Crippen LogP contribution in [-0.2, 0) is 9.53 Å². The molecule has 0 bridgehead atoms. The number of imidazole rings is 1. The monoisotopic (exact) mass is 410 g/mol. The molecule has 3 rings (SSSR count). The van der Waals surface area contributed by atoms with E-state index in [-0.39, 0.29) is 5.91 Å². The predicted octanol–water partition coefficient (Wildman–Crippen LogP) is 0.266. The predicted molar refractivity (Wildman–Crippen MR) is 106 cm³/mol. The largest absolute Gasteiger partial charge is 0.387 e. The molecule has 1 fully saturated rings. The van der Waals surface area contributed by atoms with Crippen LogP contribution < -0.4 is 11.1 Å². The normalized spacial score (nSPS) is 24.7. The van der Waals surface area contributed by atoms with E-state index >= 15 is 0 Å². The number of aromatic nitrogens is 4. The second kappa shape index (κ2) is 9.50. The highest BCUT2D eigenvalue weighted by Crippen LogP contribution is 2.33. The van der Waals surface area contributed by atoms with E-state index in [1.165, 1.54) is 6.33 Å². The lowest BCUT2D eigenvalue weighted by Crippen LogP contribution is -2.32. The number of hydrogen-bond donors (Lipinski definition) is 4. The molecule has 28 heavy (non-hydrogen) atoms. The first-order valence-corrected chi connectivity index (χ1v) is 10.6. The summed E-state index contributed by atoms with van der Waals surface area (Å²) in [6.07, 6.45) is 4.56. The van der Waals surface area contributed by atoms with Crippen LogP contribution in [0, 0.1) is 0 Å². The lowest BCUT2D eigenvalue weighted by atomic mass is 10.1. The molecule has 1 saturated heterocycles. The molecule has 11 heteroatoms. The van der Waals surface area contributed by atoms with Crippen molar-refractivity contribution in [3.05, 3.63) is 12.7 Å². The van der Waals surface area contributed by atoms with Crippen molar-refractivity contribution in [3.63, 3.8) is 0 Å². The number of amides is 1. The van der Waals surface area contributed by atoms with Crippen molar-refractivity contribution >= 4 is 34.7 Å². The molecule has 0 radical (unpaired) electrons. The molecule has 2 aromatic rings. The minimum Gasteiger partial charge on any atom is -0.387 e. The first kappa shape index (κ1) is 20.8. The molecule has 5 N–H and O–H groups in total. The van der Waals surface area contributed by atoms with Crippen LogP contribution in [0.4, 0.5) is 5.82 Å². The Kier molecular flexibility index (Phi) is 7.05. The summed E-state index contributed by atoms with van der Waals surface area (Å²) in [5.41, 5.74) is 6.22. The van der Waals surface area contributed by atoms with Crippen molar-refractivity contribution in [1.82, 2.24) is 19.5 Å². The van der Waals surface area contributed by atoms with E-state index in [0.29, 0.717) is 35.7 Å². The zero-order valence-electron chi connectivity index (χ0n) is 15.7. The summed E-state index contributed by atoms with van der Waals surface area (Å²) in [6.45, 7) is 0.675. The fourth-order valence-corrected chi connectivity index (χ4v) is 3.84. The quantitative estimate of drug-likeness (QED) is 0.405. The van der Waals surface area contributed by atoms with Gasteiger partial charge in [-0.1, -0.05) is 6.42 Å². The number of nitrogens with two attached hydrogens (primary N) is 1. The fraction of sp³-hybridized carbons (Fsp3) is 0.647. The Hall–Kier alpha value is -1.95. The molecular weight excluding hydrogens is 384 g/mol. The highest BCUT2D eigenvalue weighted by atomic mass is 32.2. The molecule has 1 aliphatic rings. The van der Waals surface area contributed by atoms with Gasteiger partial charge in [-0.2, -0.15) is 11.8 Å². The number of thioether (sulfide) groups is 1. The Morgan fingerprint density at radius 3 is 2.86 bits per heavy atom. The smallest absolute Gasteiger partial charge is 0.217 e. The van der Waals surface area contributed by atoms with Gasteiger partial charge < -0.3 is 26.0 Å². The minimum absolute atomic E-state index is 0.280. The van der Waals surface area contributed by atoms with E-state index < -0.39 is 24.5 Å². The molecule has 2 aromatic heterocycles. The Bertz CT molecular complexity index is 803. The van der Waals surface area contributed by atoms with Crippen molar-refractivity contribution in [3.8, 4) is 0 Å². The summed E-state index contributed by atoms with van der Waals surface area (Å²) in [5, 5.41) is 23.8. The lowest BCUT2D eigenvalue weighted by molar-refractivity contribution is -0.118. The number of carbonyl (C=O) groups is 1. The van der Waals surface area contributed by atoms with E-state index in [1.54, 1.807) is 22.7 Å². The van der Waals surface area contributed by atoms with Crippen molar-refractivity contribution in [2.75, 3.05) is 23.9 Å². The van der Waals surface area contributed by atoms with Crippen LogP contribution in [0.15, 0.2) is 12.7 Å². The average Bonchev–Trinajstić information content (AvgIpc) is 3.21. The number of nitrogens with one attached hydrogen (secondary N) is 1. The highest BCUT2D eigenvalue weighted by Gasteiger charge is 2.44. The topological polar surface area (TPSA) is 148 Å². The Morgan fingerprint density at radius 1 is 1.29 bits per heavy atom. The molecule has 154 valence electrons. The van der Waals surface area contributed by atoms with Gasteiger partial charge >= 0.3 is 0 Å². The van der Waals surface area contributed by atoms with Gasteiger partial charge in [0.25, 0.3) is 0 Å². The van der Waals surface area contributed by atoms with Gasteiger partial charge in [-0.05, 0) is 19.1 Å². The molecule has 1 aliphatic heterocycles. The van der Waals surface area contributed by atoms with E-state index in [0.717, 1.165) is 19.3 Å². The third-order valence-corrected chi connectivity index (χ3v) is 5.36. The van der Waals surface area contributed by atoms with Gasteiger partial charge in [0.1, 0.15) is 18.5 Å². The molecule has 0 spiro atoms. The molecule has 1 amide bonds. The van der Waals surface area contributed by atoms with E-state index in [1.807, 2.05) is 6.26 Å². The first-order valence-electron chi connectivity index (χ1n) is 9.23. The molecule has 0 aliphatic carbocycles. The van der Waals surface area contributed by atoms with Crippen LogP contribution in [0.2, 0.25) is 0 Å². The zero-order chi connectivity index (χ0) is 20.1. The number of unbranched alkanes of at least 4 members (excludes halogenated alkanes) is 2. The summed E-state index contributed by atoms with van der Waals surface area (Å²) in [6, 6.07) is 0. The number of primary amides is 1. The molecule has 0 unspecified atom stereocenters. The summed E-state index contributed by atoms with van der Waals surface area (Å²) in [5.74, 6) is 0.892. The first-order chi connectivity index (χ1) is 13.5. The Balaban J connectivity index is 1.67. The SMILES string of the molecule is CSC[C@H]1O[C@@H](n2cnc3c(NCCCCCC(N)=O)ncnc32)[C@H](O)[C@@H]1O. The Labute approximate surface area is 166 Å². The zero-order valence-corrected chi connectivity index (χ0v) is 16.5. The molecule has 10 nitrogen and oxygen atoms in total. The molecular formula is C17H26N6O4S. The van der Waals surface area contributed by atoms with Crippen LogP contribution in [0.25, 0.3) is 11.2 Å². The van der Waals surface area contributed by atoms with Gasteiger partial charge in [0.15, 0.2) is 23.2 Å². The summed E-state index contributed by atoms with van der Waals surface area (Å²) in [7, 11) is 0. The van der Waals surface area contributed by atoms with Gasteiger partial charge in [0, 0.05) is 18.7 Å².